The lowest BCUT2D eigenvalue weighted by molar-refractivity contribution is -0.0537. The van der Waals surface area contributed by atoms with Crippen LogP contribution < -0.4 is 11.2 Å². The number of hydrogen-bond acceptors (Lipinski definition) is 6. The van der Waals surface area contributed by atoms with Crippen LogP contribution in [0.25, 0.3) is 0 Å². The minimum absolute atomic E-state index is 0.0241. The van der Waals surface area contributed by atoms with Crippen molar-refractivity contribution >= 4 is 0 Å². The van der Waals surface area contributed by atoms with Crippen molar-refractivity contribution in [3.05, 3.63) is 32.6 Å². The Morgan fingerprint density at radius 1 is 1.38 bits per heavy atom. The molecule has 0 radical (unpaired) electrons. The summed E-state index contributed by atoms with van der Waals surface area (Å²) in [6.07, 6.45) is -0.316. The van der Waals surface area contributed by atoms with Crippen LogP contribution >= 0.6 is 0 Å². The van der Waals surface area contributed by atoms with Crippen LogP contribution in [-0.4, -0.2) is 50.3 Å². The van der Waals surface area contributed by atoms with Gasteiger partial charge in [-0.2, -0.15) is 0 Å². The highest BCUT2D eigenvalue weighted by molar-refractivity contribution is 5.03. The van der Waals surface area contributed by atoms with E-state index in [0.717, 1.165) is 4.57 Å². The maximum atomic E-state index is 11.9. The number of aliphatic hydroxyl groups excluding tert-OH is 3. The van der Waals surface area contributed by atoms with Gasteiger partial charge in [-0.25, -0.2) is 4.79 Å². The van der Waals surface area contributed by atoms with Crippen molar-refractivity contribution < 1.29 is 20.1 Å². The first kappa shape index (κ1) is 15.9. The number of nitrogens with one attached hydrogen (secondary N) is 1. The van der Waals surface area contributed by atoms with Gasteiger partial charge in [0.25, 0.3) is 5.56 Å². The molecule has 21 heavy (non-hydrogen) atoms. The largest absolute Gasteiger partial charge is 0.396 e. The third-order valence-corrected chi connectivity index (χ3v) is 3.82. The molecule has 0 amide bonds. The first-order valence-electron chi connectivity index (χ1n) is 6.87. The van der Waals surface area contributed by atoms with Crippen LogP contribution in [0.1, 0.15) is 24.6 Å². The van der Waals surface area contributed by atoms with E-state index in [1.807, 2.05) is 0 Å². The molecule has 2 rings (SSSR count). The summed E-state index contributed by atoms with van der Waals surface area (Å²) in [7, 11) is 0. The predicted molar refractivity (Wildman–Crippen MR) is 72.9 cm³/mol. The van der Waals surface area contributed by atoms with Crippen LogP contribution in [0.3, 0.4) is 0 Å². The zero-order valence-electron chi connectivity index (χ0n) is 11.7. The normalized spacial score (nSPS) is 29.0. The van der Waals surface area contributed by atoms with Gasteiger partial charge in [0.05, 0.1) is 12.7 Å². The number of ether oxygens (including phenoxy) is 1. The van der Waals surface area contributed by atoms with Crippen molar-refractivity contribution in [2.24, 2.45) is 5.92 Å². The highest BCUT2D eigenvalue weighted by Crippen LogP contribution is 2.35. The Kier molecular flexibility index (Phi) is 4.94. The van der Waals surface area contributed by atoms with Crippen molar-refractivity contribution in [3.63, 3.8) is 0 Å². The lowest BCUT2D eigenvalue weighted by atomic mass is 9.93. The second-order valence-corrected chi connectivity index (χ2v) is 5.25. The van der Waals surface area contributed by atoms with E-state index in [0.29, 0.717) is 18.4 Å². The SMILES string of the molecule is Cc1cn([C@@H]2O[C@H](CO)C(CCCO)[C@H]2O)c(=O)[nH]c1=O. The molecule has 8 heteroatoms. The molecule has 1 unspecified atom stereocenters. The molecule has 0 spiro atoms. The van der Waals surface area contributed by atoms with Gasteiger partial charge in [0.15, 0.2) is 6.23 Å². The third kappa shape index (κ3) is 3.08. The first-order chi connectivity index (χ1) is 9.99. The molecule has 118 valence electrons. The fourth-order valence-corrected chi connectivity index (χ4v) is 2.66. The molecule has 1 fully saturated rings. The average molecular weight is 300 g/mol. The van der Waals surface area contributed by atoms with Crippen LogP contribution in [0.2, 0.25) is 0 Å². The lowest BCUT2D eigenvalue weighted by Gasteiger charge is -2.19. The van der Waals surface area contributed by atoms with Crippen molar-refractivity contribution in [1.29, 1.82) is 0 Å². The van der Waals surface area contributed by atoms with E-state index in [9.17, 15) is 19.8 Å². The second kappa shape index (κ2) is 6.52. The summed E-state index contributed by atoms with van der Waals surface area (Å²) < 4.78 is 6.68. The summed E-state index contributed by atoms with van der Waals surface area (Å²) in [5, 5.41) is 28.6. The molecule has 1 aliphatic rings. The smallest absolute Gasteiger partial charge is 0.330 e. The maximum Gasteiger partial charge on any atom is 0.330 e. The first-order valence-corrected chi connectivity index (χ1v) is 6.87. The number of nitrogens with zero attached hydrogens (tertiary/aromatic N) is 1. The Bertz CT molecular complexity index is 595. The van der Waals surface area contributed by atoms with E-state index in [4.69, 9.17) is 9.84 Å². The van der Waals surface area contributed by atoms with E-state index in [1.165, 1.54) is 6.20 Å². The number of aryl methyl sites for hydroxylation is 1. The summed E-state index contributed by atoms with van der Waals surface area (Å²) in [4.78, 5) is 25.4. The molecule has 0 saturated carbocycles. The van der Waals surface area contributed by atoms with Crippen molar-refractivity contribution in [1.82, 2.24) is 9.55 Å². The third-order valence-electron chi connectivity index (χ3n) is 3.82. The van der Waals surface area contributed by atoms with Gasteiger partial charge in [-0.3, -0.25) is 14.3 Å². The topological polar surface area (TPSA) is 125 Å². The van der Waals surface area contributed by atoms with Gasteiger partial charge >= 0.3 is 5.69 Å². The van der Waals surface area contributed by atoms with E-state index in [-0.39, 0.29) is 19.1 Å². The lowest BCUT2D eigenvalue weighted by Crippen LogP contribution is -2.37. The standard InChI is InChI=1S/C13H20N2O6/c1-7-5-15(13(20)14-11(7)19)12-10(18)8(3-2-4-16)9(6-17)21-12/h5,8-10,12,16-18H,2-4,6H2,1H3,(H,14,19,20)/t8?,9-,10-,12-/m1/s1. The van der Waals surface area contributed by atoms with Crippen LogP contribution in [-0.2, 0) is 4.74 Å². The predicted octanol–water partition coefficient (Wildman–Crippen LogP) is -1.52. The molecule has 0 bridgehead atoms. The van der Waals surface area contributed by atoms with Gasteiger partial charge < -0.3 is 20.1 Å². The van der Waals surface area contributed by atoms with E-state index in [1.54, 1.807) is 6.92 Å². The fraction of sp³-hybridized carbons (Fsp3) is 0.692. The Morgan fingerprint density at radius 2 is 2.10 bits per heavy atom. The van der Waals surface area contributed by atoms with E-state index < -0.39 is 29.7 Å². The zero-order valence-corrected chi connectivity index (χ0v) is 11.7. The summed E-state index contributed by atoms with van der Waals surface area (Å²) in [5.41, 5.74) is -0.835. The molecule has 1 aromatic heterocycles. The summed E-state index contributed by atoms with van der Waals surface area (Å²) in [5.74, 6) is -0.383. The molecule has 1 aromatic rings. The number of hydrogen-bond donors (Lipinski definition) is 4. The van der Waals surface area contributed by atoms with Crippen LogP contribution in [0, 0.1) is 12.8 Å². The van der Waals surface area contributed by atoms with Gasteiger partial charge in [-0.05, 0) is 19.8 Å². The van der Waals surface area contributed by atoms with Gasteiger partial charge in [0, 0.05) is 24.3 Å². The molecule has 4 N–H and O–H groups in total. The Balaban J connectivity index is 2.31. The highest BCUT2D eigenvalue weighted by atomic mass is 16.5. The average Bonchev–Trinajstić information content (AvgIpc) is 2.77. The Hall–Kier alpha value is -1.48. The fourth-order valence-electron chi connectivity index (χ4n) is 2.66. The van der Waals surface area contributed by atoms with Crippen molar-refractivity contribution in [2.75, 3.05) is 13.2 Å². The molecule has 8 nitrogen and oxygen atoms in total. The van der Waals surface area contributed by atoms with E-state index >= 15 is 0 Å². The van der Waals surface area contributed by atoms with Crippen LogP contribution in [0.5, 0.6) is 0 Å². The molecular weight excluding hydrogens is 280 g/mol. The van der Waals surface area contributed by atoms with Crippen LogP contribution in [0.15, 0.2) is 15.8 Å². The number of aliphatic hydroxyl groups is 3. The minimum Gasteiger partial charge on any atom is -0.396 e. The van der Waals surface area contributed by atoms with Crippen molar-refractivity contribution in [3.8, 4) is 0 Å². The Morgan fingerprint density at radius 3 is 2.71 bits per heavy atom. The monoisotopic (exact) mass is 300 g/mol. The molecule has 4 atom stereocenters. The molecule has 1 aliphatic heterocycles. The van der Waals surface area contributed by atoms with Gasteiger partial charge in [-0.1, -0.05) is 0 Å². The quantitative estimate of drug-likeness (QED) is 0.524. The molecule has 0 aromatic carbocycles. The number of aromatic nitrogens is 2. The number of aromatic amines is 1. The second-order valence-electron chi connectivity index (χ2n) is 5.25. The van der Waals surface area contributed by atoms with Gasteiger partial charge in [-0.15, -0.1) is 0 Å². The zero-order chi connectivity index (χ0) is 15.6. The Labute approximate surface area is 120 Å². The number of rotatable bonds is 5. The highest BCUT2D eigenvalue weighted by Gasteiger charge is 2.44. The van der Waals surface area contributed by atoms with E-state index in [2.05, 4.69) is 4.98 Å². The van der Waals surface area contributed by atoms with Gasteiger partial charge in [0.1, 0.15) is 6.10 Å². The van der Waals surface area contributed by atoms with Crippen LogP contribution in [0.4, 0.5) is 0 Å². The summed E-state index contributed by atoms with van der Waals surface area (Å²) >= 11 is 0. The minimum atomic E-state index is -1.00. The summed E-state index contributed by atoms with van der Waals surface area (Å²) in [6.45, 7) is 1.23. The van der Waals surface area contributed by atoms with Crippen molar-refractivity contribution in [2.45, 2.75) is 38.2 Å². The number of H-pyrrole nitrogens is 1. The molecule has 0 aliphatic carbocycles. The maximum absolute atomic E-state index is 11.9. The molecule has 2 heterocycles. The van der Waals surface area contributed by atoms with Gasteiger partial charge in [0.2, 0.25) is 0 Å². The molecular formula is C13H20N2O6. The summed E-state index contributed by atoms with van der Waals surface area (Å²) in [6, 6.07) is 0. The molecule has 1 saturated heterocycles.